The maximum absolute atomic E-state index is 13.3. The van der Waals surface area contributed by atoms with Crippen LogP contribution >= 0.6 is 22.9 Å². The number of fused-ring (bicyclic) bond motifs is 1. The van der Waals surface area contributed by atoms with Crippen molar-refractivity contribution in [1.82, 2.24) is 9.97 Å². The van der Waals surface area contributed by atoms with Crippen molar-refractivity contribution in [2.45, 2.75) is 6.54 Å². The summed E-state index contributed by atoms with van der Waals surface area (Å²) in [6.07, 6.45) is 4.89. The number of hydrogen-bond acceptors (Lipinski definition) is 6. The fourth-order valence-corrected chi connectivity index (χ4v) is 4.42. The van der Waals surface area contributed by atoms with Gasteiger partial charge < -0.3 is 9.47 Å². The standard InChI is InChI=1S/C24H20ClN3O3S/c1-30-19-11-12-20(31-2)23-22(19)27-24(32-23)28(15-17-8-5-6-14-26-17)21(29)13-10-16-7-3-4-9-18(16)25/h3-14H,15H2,1-2H3/b13-10+. The first-order valence-corrected chi connectivity index (χ1v) is 11.0. The van der Waals surface area contributed by atoms with Crippen molar-refractivity contribution < 1.29 is 14.3 Å². The molecule has 2 aromatic carbocycles. The maximum atomic E-state index is 13.3. The zero-order valence-corrected chi connectivity index (χ0v) is 19.1. The quantitative estimate of drug-likeness (QED) is 0.332. The summed E-state index contributed by atoms with van der Waals surface area (Å²) >= 11 is 7.59. The Morgan fingerprint density at radius 3 is 2.53 bits per heavy atom. The van der Waals surface area contributed by atoms with Crippen molar-refractivity contribution in [3.8, 4) is 11.5 Å². The average molecular weight is 466 g/mol. The van der Waals surface area contributed by atoms with Crippen LogP contribution in [0.2, 0.25) is 5.02 Å². The van der Waals surface area contributed by atoms with Crippen molar-refractivity contribution in [2.75, 3.05) is 19.1 Å². The molecular weight excluding hydrogens is 446 g/mol. The third kappa shape index (κ3) is 4.59. The van der Waals surface area contributed by atoms with Gasteiger partial charge in [0.2, 0.25) is 0 Å². The number of rotatable bonds is 7. The Bertz CT molecular complexity index is 1230. The van der Waals surface area contributed by atoms with Gasteiger partial charge in [-0.05, 0) is 42.0 Å². The summed E-state index contributed by atoms with van der Waals surface area (Å²) in [6.45, 7) is 0.261. The number of hydrogen-bond donors (Lipinski definition) is 0. The molecule has 2 aromatic heterocycles. The predicted molar refractivity (Wildman–Crippen MR) is 129 cm³/mol. The van der Waals surface area contributed by atoms with Gasteiger partial charge in [-0.25, -0.2) is 4.98 Å². The lowest BCUT2D eigenvalue weighted by Crippen LogP contribution is -2.29. The number of carbonyl (C=O) groups is 1. The third-order valence-electron chi connectivity index (χ3n) is 4.75. The zero-order chi connectivity index (χ0) is 22.5. The van der Waals surface area contributed by atoms with Crippen LogP contribution in [-0.4, -0.2) is 30.1 Å². The predicted octanol–water partition coefficient (Wildman–Crippen LogP) is 5.61. The number of halogens is 1. The van der Waals surface area contributed by atoms with Crippen LogP contribution in [0.5, 0.6) is 11.5 Å². The second kappa shape index (κ2) is 9.80. The molecule has 6 nitrogen and oxygen atoms in total. The molecular formula is C24H20ClN3O3S. The number of pyridine rings is 1. The number of ether oxygens (including phenoxy) is 2. The van der Waals surface area contributed by atoms with Gasteiger partial charge in [-0.1, -0.05) is 47.2 Å². The van der Waals surface area contributed by atoms with Gasteiger partial charge >= 0.3 is 0 Å². The molecule has 0 aliphatic heterocycles. The molecule has 2 heterocycles. The number of anilines is 1. The summed E-state index contributed by atoms with van der Waals surface area (Å²) in [4.78, 5) is 24.0. The highest BCUT2D eigenvalue weighted by Crippen LogP contribution is 2.40. The van der Waals surface area contributed by atoms with Gasteiger partial charge in [0.1, 0.15) is 21.7 Å². The van der Waals surface area contributed by atoms with E-state index in [4.69, 9.17) is 26.1 Å². The van der Waals surface area contributed by atoms with E-state index in [0.717, 1.165) is 16.0 Å². The van der Waals surface area contributed by atoms with E-state index in [-0.39, 0.29) is 12.5 Å². The van der Waals surface area contributed by atoms with E-state index < -0.39 is 0 Å². The van der Waals surface area contributed by atoms with Gasteiger partial charge in [0.05, 0.1) is 26.5 Å². The molecule has 0 unspecified atom stereocenters. The van der Waals surface area contributed by atoms with E-state index in [1.165, 1.54) is 17.4 Å². The molecule has 0 radical (unpaired) electrons. The first-order valence-electron chi connectivity index (χ1n) is 9.76. The zero-order valence-electron chi connectivity index (χ0n) is 17.5. The highest BCUT2D eigenvalue weighted by Gasteiger charge is 2.22. The van der Waals surface area contributed by atoms with Crippen molar-refractivity contribution >= 4 is 50.3 Å². The molecule has 4 rings (SSSR count). The Morgan fingerprint density at radius 2 is 1.81 bits per heavy atom. The third-order valence-corrected chi connectivity index (χ3v) is 6.19. The summed E-state index contributed by atoms with van der Waals surface area (Å²) in [6, 6.07) is 16.6. The van der Waals surface area contributed by atoms with E-state index in [1.54, 1.807) is 43.5 Å². The number of nitrogens with zero attached hydrogens (tertiary/aromatic N) is 3. The molecule has 0 atom stereocenters. The fraction of sp³-hybridized carbons (Fsp3) is 0.125. The Morgan fingerprint density at radius 1 is 1.06 bits per heavy atom. The minimum absolute atomic E-state index is 0.243. The van der Waals surface area contributed by atoms with Crippen LogP contribution in [0.1, 0.15) is 11.3 Å². The maximum Gasteiger partial charge on any atom is 0.253 e. The van der Waals surface area contributed by atoms with E-state index in [0.29, 0.717) is 27.2 Å². The highest BCUT2D eigenvalue weighted by molar-refractivity contribution is 7.22. The Balaban J connectivity index is 1.76. The molecule has 8 heteroatoms. The number of thiazole rings is 1. The molecule has 0 spiro atoms. The topological polar surface area (TPSA) is 64.6 Å². The molecule has 0 saturated carbocycles. The molecule has 162 valence electrons. The van der Waals surface area contributed by atoms with E-state index in [1.807, 2.05) is 42.5 Å². The van der Waals surface area contributed by atoms with Gasteiger partial charge in [0, 0.05) is 17.3 Å². The number of carbonyl (C=O) groups excluding carboxylic acids is 1. The second-order valence-electron chi connectivity index (χ2n) is 6.74. The summed E-state index contributed by atoms with van der Waals surface area (Å²) < 4.78 is 11.8. The SMILES string of the molecule is COc1ccc(OC)c2sc(N(Cc3ccccn3)C(=O)/C=C/c3ccccc3Cl)nc12. The summed E-state index contributed by atoms with van der Waals surface area (Å²) in [5.74, 6) is 1.04. The van der Waals surface area contributed by atoms with Crippen LogP contribution in [0.15, 0.2) is 66.9 Å². The largest absolute Gasteiger partial charge is 0.495 e. The van der Waals surface area contributed by atoms with Gasteiger partial charge in [0.15, 0.2) is 5.13 Å². The normalized spacial score (nSPS) is 11.1. The second-order valence-corrected chi connectivity index (χ2v) is 8.13. The van der Waals surface area contributed by atoms with Crippen molar-refractivity contribution in [3.63, 3.8) is 0 Å². The average Bonchev–Trinajstić information content (AvgIpc) is 3.27. The van der Waals surface area contributed by atoms with Gasteiger partial charge in [-0.15, -0.1) is 0 Å². The van der Waals surface area contributed by atoms with Crippen LogP contribution in [0, 0.1) is 0 Å². The molecule has 4 aromatic rings. The van der Waals surface area contributed by atoms with Crippen LogP contribution in [0.4, 0.5) is 5.13 Å². The molecule has 0 aliphatic carbocycles. The Hall–Kier alpha value is -3.42. The van der Waals surface area contributed by atoms with Crippen LogP contribution in [0.25, 0.3) is 16.3 Å². The Labute approximate surface area is 194 Å². The van der Waals surface area contributed by atoms with Gasteiger partial charge in [-0.3, -0.25) is 14.7 Å². The molecule has 0 saturated heterocycles. The van der Waals surface area contributed by atoms with Gasteiger partial charge in [-0.2, -0.15) is 0 Å². The lowest BCUT2D eigenvalue weighted by molar-refractivity contribution is -0.114. The lowest BCUT2D eigenvalue weighted by Gasteiger charge is -2.17. The fourth-order valence-electron chi connectivity index (χ4n) is 3.14. The molecule has 0 bridgehead atoms. The molecule has 32 heavy (non-hydrogen) atoms. The number of amides is 1. The van der Waals surface area contributed by atoms with Gasteiger partial charge in [0.25, 0.3) is 5.91 Å². The number of aromatic nitrogens is 2. The molecule has 0 N–H and O–H groups in total. The van der Waals surface area contributed by atoms with Crippen molar-refractivity contribution in [1.29, 1.82) is 0 Å². The number of methoxy groups -OCH3 is 2. The summed E-state index contributed by atoms with van der Waals surface area (Å²) in [5.41, 5.74) is 2.14. The smallest absolute Gasteiger partial charge is 0.253 e. The lowest BCUT2D eigenvalue weighted by atomic mass is 10.2. The first-order chi connectivity index (χ1) is 15.6. The monoisotopic (exact) mass is 465 g/mol. The van der Waals surface area contributed by atoms with Crippen molar-refractivity contribution in [2.24, 2.45) is 0 Å². The molecule has 1 amide bonds. The van der Waals surface area contributed by atoms with Crippen LogP contribution in [-0.2, 0) is 11.3 Å². The Kier molecular flexibility index (Phi) is 6.68. The summed E-state index contributed by atoms with van der Waals surface area (Å²) in [7, 11) is 3.19. The van der Waals surface area contributed by atoms with Crippen LogP contribution in [0.3, 0.4) is 0 Å². The van der Waals surface area contributed by atoms with Crippen LogP contribution < -0.4 is 14.4 Å². The van der Waals surface area contributed by atoms with E-state index in [9.17, 15) is 4.79 Å². The van der Waals surface area contributed by atoms with E-state index >= 15 is 0 Å². The summed E-state index contributed by atoms with van der Waals surface area (Å²) in [5, 5.41) is 1.09. The molecule has 0 aliphatic rings. The minimum atomic E-state index is -0.243. The minimum Gasteiger partial charge on any atom is -0.495 e. The van der Waals surface area contributed by atoms with Crippen molar-refractivity contribution in [3.05, 3.63) is 83.2 Å². The first kappa shape index (κ1) is 21.8. The highest BCUT2D eigenvalue weighted by atomic mass is 35.5. The molecule has 0 fully saturated rings. The van der Waals surface area contributed by atoms with E-state index in [2.05, 4.69) is 4.98 Å². The number of benzene rings is 2.